The summed E-state index contributed by atoms with van der Waals surface area (Å²) >= 11 is 8.61. The number of anilines is 2. The first-order valence-electron chi connectivity index (χ1n) is 11.1. The molecular weight excluding hydrogens is 582 g/mol. The number of methoxy groups -OCH3 is 1. The van der Waals surface area contributed by atoms with Gasteiger partial charge in [0, 0.05) is 23.0 Å². The topological polar surface area (TPSA) is 115 Å². The zero-order chi connectivity index (χ0) is 26.8. The number of benzene rings is 3. The standard InChI is InChI=1S/C25H26BrN3O6S2/c1-3-34-20-9-5-19(6-10-20)29-37(31,32)21-11-7-18(8-12-21)27-25(36)28-24(30)22-16-17(26)4-13-23(22)35-15-14-33-2/h4-13,16,29H,3,14-15H2,1-2H3,(H2,27,28,30,36). The van der Waals surface area contributed by atoms with Crippen LogP contribution in [0.4, 0.5) is 11.4 Å². The van der Waals surface area contributed by atoms with E-state index in [1.54, 1.807) is 61.7 Å². The molecule has 37 heavy (non-hydrogen) atoms. The van der Waals surface area contributed by atoms with Crippen LogP contribution in [0.2, 0.25) is 0 Å². The van der Waals surface area contributed by atoms with Gasteiger partial charge in [0.15, 0.2) is 5.11 Å². The Morgan fingerprint density at radius 2 is 1.62 bits per heavy atom. The third-order valence-corrected chi connectivity index (χ3v) is 6.89. The number of hydrogen-bond donors (Lipinski definition) is 3. The maximum atomic E-state index is 12.8. The van der Waals surface area contributed by atoms with Crippen molar-refractivity contribution in [3.05, 3.63) is 76.8 Å². The number of hydrogen-bond acceptors (Lipinski definition) is 7. The van der Waals surface area contributed by atoms with Crippen LogP contribution in [-0.4, -0.2) is 46.4 Å². The molecule has 0 bridgehead atoms. The summed E-state index contributed by atoms with van der Waals surface area (Å²) in [7, 11) is -2.25. The lowest BCUT2D eigenvalue weighted by molar-refractivity contribution is 0.0969. The van der Waals surface area contributed by atoms with Gasteiger partial charge in [0.25, 0.3) is 15.9 Å². The first-order valence-corrected chi connectivity index (χ1v) is 13.8. The zero-order valence-electron chi connectivity index (χ0n) is 20.1. The maximum absolute atomic E-state index is 12.8. The lowest BCUT2D eigenvalue weighted by atomic mass is 10.2. The molecule has 0 atom stereocenters. The highest BCUT2D eigenvalue weighted by Crippen LogP contribution is 2.24. The average Bonchev–Trinajstić information content (AvgIpc) is 2.86. The van der Waals surface area contributed by atoms with Gasteiger partial charge in [0.05, 0.1) is 23.7 Å². The molecule has 0 radical (unpaired) electrons. The summed E-state index contributed by atoms with van der Waals surface area (Å²) in [6.45, 7) is 3.05. The Bertz CT molecular complexity index is 1330. The highest BCUT2D eigenvalue weighted by atomic mass is 79.9. The van der Waals surface area contributed by atoms with Crippen LogP contribution in [0.3, 0.4) is 0 Å². The Morgan fingerprint density at radius 3 is 2.27 bits per heavy atom. The smallest absolute Gasteiger partial charge is 0.261 e. The van der Waals surface area contributed by atoms with Gasteiger partial charge in [-0.1, -0.05) is 15.9 Å². The molecular formula is C25H26BrN3O6S2. The van der Waals surface area contributed by atoms with E-state index in [9.17, 15) is 13.2 Å². The molecule has 196 valence electrons. The molecule has 0 heterocycles. The molecule has 0 aliphatic carbocycles. The fraction of sp³-hybridized carbons (Fsp3) is 0.200. The van der Waals surface area contributed by atoms with E-state index in [0.717, 1.165) is 0 Å². The fourth-order valence-corrected chi connectivity index (χ4v) is 4.72. The minimum absolute atomic E-state index is 0.0379. The number of rotatable bonds is 11. The van der Waals surface area contributed by atoms with E-state index in [1.165, 1.54) is 12.1 Å². The van der Waals surface area contributed by atoms with Crippen molar-refractivity contribution < 1.29 is 27.4 Å². The second-order valence-corrected chi connectivity index (χ2v) is 10.5. The van der Waals surface area contributed by atoms with Crippen molar-refractivity contribution in [3.8, 4) is 11.5 Å². The van der Waals surface area contributed by atoms with Crippen molar-refractivity contribution in [1.82, 2.24) is 5.32 Å². The SMILES string of the molecule is CCOc1ccc(NS(=O)(=O)c2ccc(NC(=S)NC(=O)c3cc(Br)ccc3OCCOC)cc2)cc1. The Hall–Kier alpha value is -3.19. The summed E-state index contributed by atoms with van der Waals surface area (Å²) < 4.78 is 44.7. The van der Waals surface area contributed by atoms with Crippen molar-refractivity contribution in [2.24, 2.45) is 0 Å². The van der Waals surface area contributed by atoms with E-state index in [2.05, 4.69) is 31.3 Å². The van der Waals surface area contributed by atoms with E-state index in [1.807, 2.05) is 6.92 Å². The molecule has 0 aromatic heterocycles. The summed E-state index contributed by atoms with van der Waals surface area (Å²) in [5, 5.41) is 5.51. The molecule has 0 unspecified atom stereocenters. The number of amides is 1. The highest BCUT2D eigenvalue weighted by Gasteiger charge is 2.17. The van der Waals surface area contributed by atoms with Crippen LogP contribution in [-0.2, 0) is 14.8 Å². The number of carbonyl (C=O) groups excluding carboxylic acids is 1. The van der Waals surface area contributed by atoms with E-state index in [4.69, 9.17) is 26.4 Å². The predicted octanol–water partition coefficient (Wildman–Crippen LogP) is 4.80. The summed E-state index contributed by atoms with van der Waals surface area (Å²) in [6.07, 6.45) is 0. The summed E-state index contributed by atoms with van der Waals surface area (Å²) in [4.78, 5) is 12.9. The lowest BCUT2D eigenvalue weighted by Gasteiger charge is -2.14. The minimum Gasteiger partial charge on any atom is -0.494 e. The molecule has 0 aliphatic rings. The summed E-state index contributed by atoms with van der Waals surface area (Å²) in [5.41, 5.74) is 1.19. The van der Waals surface area contributed by atoms with Crippen LogP contribution in [0.15, 0.2) is 76.1 Å². The molecule has 3 aromatic carbocycles. The highest BCUT2D eigenvalue weighted by molar-refractivity contribution is 9.10. The monoisotopic (exact) mass is 607 g/mol. The molecule has 0 spiro atoms. The molecule has 3 N–H and O–H groups in total. The van der Waals surface area contributed by atoms with Crippen molar-refractivity contribution in [1.29, 1.82) is 0 Å². The Kier molecular flexibility index (Phi) is 10.3. The van der Waals surface area contributed by atoms with Crippen LogP contribution < -0.4 is 24.8 Å². The van der Waals surface area contributed by atoms with Crippen LogP contribution in [0.5, 0.6) is 11.5 Å². The average molecular weight is 609 g/mol. The molecule has 1 amide bonds. The van der Waals surface area contributed by atoms with E-state index >= 15 is 0 Å². The number of halogens is 1. The van der Waals surface area contributed by atoms with Gasteiger partial charge in [0.2, 0.25) is 0 Å². The number of nitrogens with one attached hydrogen (secondary N) is 3. The maximum Gasteiger partial charge on any atom is 0.261 e. The largest absolute Gasteiger partial charge is 0.494 e. The predicted molar refractivity (Wildman–Crippen MR) is 150 cm³/mol. The molecule has 0 aliphatic heterocycles. The van der Waals surface area contributed by atoms with Gasteiger partial charge in [-0.05, 0) is 85.9 Å². The third-order valence-electron chi connectivity index (χ3n) is 4.80. The number of carbonyl (C=O) groups is 1. The number of sulfonamides is 1. The Morgan fingerprint density at radius 1 is 0.946 bits per heavy atom. The molecule has 0 fully saturated rings. The van der Waals surface area contributed by atoms with Crippen LogP contribution in [0.1, 0.15) is 17.3 Å². The molecule has 12 heteroatoms. The molecule has 0 saturated carbocycles. The Balaban J connectivity index is 1.61. The van der Waals surface area contributed by atoms with Crippen molar-refractivity contribution in [2.45, 2.75) is 11.8 Å². The molecule has 3 aromatic rings. The zero-order valence-corrected chi connectivity index (χ0v) is 23.3. The van der Waals surface area contributed by atoms with Gasteiger partial charge in [0.1, 0.15) is 18.1 Å². The first-order chi connectivity index (χ1) is 17.7. The Labute approximate surface area is 229 Å². The number of thiocarbonyl (C=S) groups is 1. The van der Waals surface area contributed by atoms with E-state index in [0.29, 0.717) is 40.6 Å². The molecule has 3 rings (SSSR count). The van der Waals surface area contributed by atoms with Gasteiger partial charge in [-0.25, -0.2) is 8.42 Å². The van der Waals surface area contributed by atoms with Gasteiger partial charge in [-0.15, -0.1) is 0 Å². The third kappa shape index (κ3) is 8.42. The van der Waals surface area contributed by atoms with Gasteiger partial charge >= 0.3 is 0 Å². The normalized spacial score (nSPS) is 10.9. The second-order valence-electron chi connectivity index (χ2n) is 7.48. The first kappa shape index (κ1) is 28.4. The molecule has 9 nitrogen and oxygen atoms in total. The quantitative estimate of drug-likeness (QED) is 0.210. The van der Waals surface area contributed by atoms with Gasteiger partial charge in [-0.3, -0.25) is 14.8 Å². The van der Waals surface area contributed by atoms with E-state index in [-0.39, 0.29) is 22.2 Å². The van der Waals surface area contributed by atoms with Crippen LogP contribution in [0, 0.1) is 0 Å². The second kappa shape index (κ2) is 13.4. The van der Waals surface area contributed by atoms with Crippen LogP contribution >= 0.6 is 28.1 Å². The summed E-state index contributed by atoms with van der Waals surface area (Å²) in [5.74, 6) is 0.568. The molecule has 0 saturated heterocycles. The van der Waals surface area contributed by atoms with Gasteiger partial charge in [-0.2, -0.15) is 0 Å². The fourth-order valence-electron chi connectivity index (χ4n) is 3.09. The van der Waals surface area contributed by atoms with Crippen molar-refractivity contribution >= 4 is 60.6 Å². The number of ether oxygens (including phenoxy) is 3. The van der Waals surface area contributed by atoms with E-state index < -0.39 is 15.9 Å². The minimum atomic E-state index is -3.81. The van der Waals surface area contributed by atoms with Crippen molar-refractivity contribution in [3.63, 3.8) is 0 Å². The lowest BCUT2D eigenvalue weighted by Crippen LogP contribution is -2.34. The van der Waals surface area contributed by atoms with Crippen LogP contribution in [0.25, 0.3) is 0 Å². The summed E-state index contributed by atoms with van der Waals surface area (Å²) in [6, 6.07) is 17.6. The van der Waals surface area contributed by atoms with Crippen molar-refractivity contribution in [2.75, 3.05) is 37.0 Å². The van der Waals surface area contributed by atoms with Gasteiger partial charge < -0.3 is 19.5 Å².